The predicted octanol–water partition coefficient (Wildman–Crippen LogP) is 2.02. The van der Waals surface area contributed by atoms with Crippen LogP contribution in [0, 0.1) is 0 Å². The maximum absolute atomic E-state index is 12.6. The summed E-state index contributed by atoms with van der Waals surface area (Å²) >= 11 is 0. The number of anilines is 1. The Hall–Kier alpha value is -1.96. The van der Waals surface area contributed by atoms with E-state index < -0.39 is 10.0 Å². The predicted molar refractivity (Wildman–Crippen MR) is 94.6 cm³/mol. The van der Waals surface area contributed by atoms with Crippen LogP contribution in [-0.2, 0) is 10.0 Å². The second-order valence-electron chi connectivity index (χ2n) is 5.38. The smallest absolute Gasteiger partial charge is 0.253 e. The van der Waals surface area contributed by atoms with Crippen LogP contribution in [0.4, 0.5) is 5.69 Å². The number of methoxy groups -OCH3 is 2. The lowest BCUT2D eigenvalue weighted by molar-refractivity contribution is 0.0939. The van der Waals surface area contributed by atoms with Crippen LogP contribution in [0.15, 0.2) is 12.1 Å². The number of hydrogen-bond donors (Lipinski definition) is 1. The molecule has 0 unspecified atom stereocenters. The zero-order chi connectivity index (χ0) is 18.5. The molecule has 0 bridgehead atoms. The van der Waals surface area contributed by atoms with Crippen molar-refractivity contribution in [2.24, 2.45) is 0 Å². The first-order chi connectivity index (χ1) is 11.2. The van der Waals surface area contributed by atoms with Gasteiger partial charge in [-0.1, -0.05) is 6.92 Å². The van der Waals surface area contributed by atoms with Crippen molar-refractivity contribution >= 4 is 21.6 Å². The van der Waals surface area contributed by atoms with E-state index in [0.29, 0.717) is 11.5 Å². The normalized spacial score (nSPS) is 12.4. The Kier molecular flexibility index (Phi) is 6.89. The minimum atomic E-state index is -3.53. The van der Waals surface area contributed by atoms with E-state index >= 15 is 0 Å². The summed E-state index contributed by atoms with van der Waals surface area (Å²) in [7, 11) is 0.800. The minimum Gasteiger partial charge on any atom is -0.493 e. The molecule has 0 saturated heterocycles. The standard InChI is InChI=1S/C16H26N2O5S/c1-7-11(3)17-16(19)12-9-14(22-5)15(23-6)10-13(12)18(4)24(20,21)8-2/h9-11H,7-8H2,1-6H3,(H,17,19)/t11-/m1/s1. The Morgan fingerprint density at radius 3 is 2.21 bits per heavy atom. The molecule has 0 aromatic heterocycles. The van der Waals surface area contributed by atoms with Crippen LogP contribution in [0.2, 0.25) is 0 Å². The van der Waals surface area contributed by atoms with Crippen LogP contribution in [0.1, 0.15) is 37.6 Å². The van der Waals surface area contributed by atoms with Crippen LogP contribution in [0.5, 0.6) is 11.5 Å². The van der Waals surface area contributed by atoms with E-state index in [0.717, 1.165) is 10.7 Å². The summed E-state index contributed by atoms with van der Waals surface area (Å²) in [5.41, 5.74) is 0.461. The second-order valence-corrected chi connectivity index (χ2v) is 7.66. The summed E-state index contributed by atoms with van der Waals surface area (Å²) in [6.45, 7) is 5.38. The lowest BCUT2D eigenvalue weighted by Gasteiger charge is -2.23. The van der Waals surface area contributed by atoms with Gasteiger partial charge in [-0.15, -0.1) is 0 Å². The molecule has 0 radical (unpaired) electrons. The molecular formula is C16H26N2O5S. The van der Waals surface area contributed by atoms with Gasteiger partial charge in [0.2, 0.25) is 10.0 Å². The highest BCUT2D eigenvalue weighted by Gasteiger charge is 2.25. The molecule has 136 valence electrons. The highest BCUT2D eigenvalue weighted by Crippen LogP contribution is 2.35. The maximum atomic E-state index is 12.6. The quantitative estimate of drug-likeness (QED) is 0.768. The Balaban J connectivity index is 3.51. The van der Waals surface area contributed by atoms with Gasteiger partial charge >= 0.3 is 0 Å². The lowest BCUT2D eigenvalue weighted by atomic mass is 10.1. The van der Waals surface area contributed by atoms with Gasteiger partial charge in [-0.05, 0) is 26.3 Å². The van der Waals surface area contributed by atoms with Crippen molar-refractivity contribution in [1.29, 1.82) is 0 Å². The molecule has 0 fully saturated rings. The highest BCUT2D eigenvalue weighted by molar-refractivity contribution is 7.92. The number of rotatable bonds is 8. The molecule has 0 aliphatic rings. The molecular weight excluding hydrogens is 332 g/mol. The van der Waals surface area contributed by atoms with Gasteiger partial charge < -0.3 is 14.8 Å². The van der Waals surface area contributed by atoms with Gasteiger partial charge in [0.25, 0.3) is 5.91 Å². The summed E-state index contributed by atoms with van der Waals surface area (Å²) in [5.74, 6) is 0.270. The Bertz CT molecular complexity index is 688. The van der Waals surface area contributed by atoms with Gasteiger partial charge in [0, 0.05) is 19.2 Å². The average Bonchev–Trinajstić information content (AvgIpc) is 2.59. The van der Waals surface area contributed by atoms with E-state index in [2.05, 4.69) is 5.32 Å². The van der Waals surface area contributed by atoms with Crippen molar-refractivity contribution in [3.8, 4) is 11.5 Å². The third kappa shape index (κ3) is 4.31. The first-order valence-corrected chi connectivity index (χ1v) is 9.36. The Morgan fingerprint density at radius 2 is 1.75 bits per heavy atom. The van der Waals surface area contributed by atoms with E-state index in [9.17, 15) is 13.2 Å². The third-order valence-electron chi connectivity index (χ3n) is 3.86. The number of benzene rings is 1. The van der Waals surface area contributed by atoms with Gasteiger partial charge in [0.05, 0.1) is 31.2 Å². The molecule has 1 rings (SSSR count). The molecule has 1 atom stereocenters. The van der Waals surface area contributed by atoms with Crippen molar-refractivity contribution < 1.29 is 22.7 Å². The highest BCUT2D eigenvalue weighted by atomic mass is 32.2. The molecule has 24 heavy (non-hydrogen) atoms. The molecule has 0 aliphatic carbocycles. The van der Waals surface area contributed by atoms with E-state index in [1.54, 1.807) is 6.92 Å². The zero-order valence-corrected chi connectivity index (χ0v) is 15.9. The van der Waals surface area contributed by atoms with E-state index in [-0.39, 0.29) is 29.0 Å². The van der Waals surface area contributed by atoms with Crippen molar-refractivity contribution in [2.45, 2.75) is 33.2 Å². The van der Waals surface area contributed by atoms with Gasteiger partial charge in [-0.25, -0.2) is 8.42 Å². The molecule has 8 heteroatoms. The summed E-state index contributed by atoms with van der Waals surface area (Å²) in [4.78, 5) is 12.6. The van der Waals surface area contributed by atoms with Gasteiger partial charge in [-0.2, -0.15) is 0 Å². The maximum Gasteiger partial charge on any atom is 0.253 e. The fraction of sp³-hybridized carbons (Fsp3) is 0.562. The molecule has 1 aromatic rings. The third-order valence-corrected chi connectivity index (χ3v) is 5.62. The molecule has 0 heterocycles. The van der Waals surface area contributed by atoms with Crippen molar-refractivity contribution in [2.75, 3.05) is 31.3 Å². The summed E-state index contributed by atoms with van der Waals surface area (Å²) in [6.07, 6.45) is 0.761. The van der Waals surface area contributed by atoms with Crippen LogP contribution in [0.25, 0.3) is 0 Å². The number of amides is 1. The van der Waals surface area contributed by atoms with Crippen molar-refractivity contribution in [1.82, 2.24) is 5.32 Å². The Morgan fingerprint density at radius 1 is 1.21 bits per heavy atom. The number of sulfonamides is 1. The zero-order valence-electron chi connectivity index (χ0n) is 15.0. The van der Waals surface area contributed by atoms with Crippen LogP contribution in [-0.4, -0.2) is 47.4 Å². The first-order valence-electron chi connectivity index (χ1n) is 7.75. The largest absolute Gasteiger partial charge is 0.493 e. The van der Waals surface area contributed by atoms with Crippen LogP contribution < -0.4 is 19.1 Å². The Labute approximate surface area is 144 Å². The van der Waals surface area contributed by atoms with Crippen LogP contribution >= 0.6 is 0 Å². The average molecular weight is 358 g/mol. The number of nitrogens with one attached hydrogen (secondary N) is 1. The molecule has 0 saturated carbocycles. The first kappa shape index (κ1) is 20.1. The van der Waals surface area contributed by atoms with Gasteiger partial charge in [0.1, 0.15) is 0 Å². The molecule has 0 aliphatic heterocycles. The number of hydrogen-bond acceptors (Lipinski definition) is 5. The number of ether oxygens (including phenoxy) is 2. The minimum absolute atomic E-state index is 0.0356. The second kappa shape index (κ2) is 8.23. The van der Waals surface area contributed by atoms with E-state index in [1.807, 2.05) is 13.8 Å². The topological polar surface area (TPSA) is 84.9 Å². The lowest BCUT2D eigenvalue weighted by Crippen LogP contribution is -2.35. The fourth-order valence-corrected chi connectivity index (χ4v) is 2.90. The number of nitrogens with zero attached hydrogens (tertiary/aromatic N) is 1. The fourth-order valence-electron chi connectivity index (χ4n) is 2.06. The van der Waals surface area contributed by atoms with Crippen molar-refractivity contribution in [3.05, 3.63) is 17.7 Å². The SMILES string of the molecule is CC[C@@H](C)NC(=O)c1cc(OC)c(OC)cc1N(C)S(=O)(=O)CC. The van der Waals surface area contributed by atoms with E-state index in [4.69, 9.17) is 9.47 Å². The molecule has 7 nitrogen and oxygen atoms in total. The summed E-state index contributed by atoms with van der Waals surface area (Å²) in [6, 6.07) is 2.96. The van der Waals surface area contributed by atoms with Gasteiger partial charge in [-0.3, -0.25) is 9.10 Å². The molecule has 1 amide bonds. The number of carbonyl (C=O) groups excluding carboxylic acids is 1. The molecule has 1 aromatic carbocycles. The monoisotopic (exact) mass is 358 g/mol. The molecule has 0 spiro atoms. The van der Waals surface area contributed by atoms with E-state index in [1.165, 1.54) is 33.4 Å². The van der Waals surface area contributed by atoms with Crippen molar-refractivity contribution in [3.63, 3.8) is 0 Å². The summed E-state index contributed by atoms with van der Waals surface area (Å²) in [5, 5.41) is 2.84. The molecule has 1 N–H and O–H groups in total. The number of carbonyl (C=O) groups is 1. The van der Waals surface area contributed by atoms with Crippen LogP contribution in [0.3, 0.4) is 0 Å². The van der Waals surface area contributed by atoms with Gasteiger partial charge in [0.15, 0.2) is 11.5 Å². The summed E-state index contributed by atoms with van der Waals surface area (Å²) < 4.78 is 36.0.